The maximum absolute atomic E-state index is 11.7. The van der Waals surface area contributed by atoms with Crippen LogP contribution in [0.25, 0.3) is 0 Å². The van der Waals surface area contributed by atoms with E-state index in [9.17, 15) is 8.42 Å². The van der Waals surface area contributed by atoms with Crippen molar-refractivity contribution in [1.29, 1.82) is 5.41 Å². The fraction of sp³-hybridized carbons (Fsp3) is 0.364. The number of hydrogen-bond donors (Lipinski definition) is 1. The van der Waals surface area contributed by atoms with Crippen LogP contribution in [0.1, 0.15) is 0 Å². The van der Waals surface area contributed by atoms with Crippen LogP contribution in [-0.2, 0) is 9.84 Å². The molecule has 4 nitrogen and oxygen atoms in total. The van der Waals surface area contributed by atoms with Crippen LogP contribution in [0.4, 0.5) is 5.69 Å². The molecule has 8 heteroatoms. The van der Waals surface area contributed by atoms with Gasteiger partial charge in [-0.3, -0.25) is 5.41 Å². The molecule has 3 rings (SSSR count). The molecule has 2 atom stereocenters. The van der Waals surface area contributed by atoms with Crippen LogP contribution in [-0.4, -0.2) is 36.4 Å². The fourth-order valence-electron chi connectivity index (χ4n) is 2.49. The number of fused-ring (bicyclic) bond motifs is 1. The Hall–Kier alpha value is -0.430. The molecule has 0 spiro atoms. The van der Waals surface area contributed by atoms with Crippen molar-refractivity contribution in [2.24, 2.45) is 0 Å². The number of halogens is 2. The summed E-state index contributed by atoms with van der Waals surface area (Å²) in [6.07, 6.45) is 0. The van der Waals surface area contributed by atoms with Crippen molar-refractivity contribution in [2.45, 2.75) is 11.3 Å². The second kappa shape index (κ2) is 4.55. The molecule has 0 saturated carbocycles. The lowest BCUT2D eigenvalue weighted by Crippen LogP contribution is -2.37. The van der Waals surface area contributed by atoms with Gasteiger partial charge in [-0.05, 0) is 18.2 Å². The third kappa shape index (κ3) is 2.46. The summed E-state index contributed by atoms with van der Waals surface area (Å²) in [6, 6.07) is 4.82. The predicted octanol–water partition coefficient (Wildman–Crippen LogP) is 2.65. The van der Waals surface area contributed by atoms with E-state index >= 15 is 0 Å². The number of sulfone groups is 1. The van der Waals surface area contributed by atoms with E-state index < -0.39 is 9.84 Å². The van der Waals surface area contributed by atoms with Crippen molar-refractivity contribution in [3.63, 3.8) is 0 Å². The minimum atomic E-state index is -3.02. The van der Waals surface area contributed by atoms with E-state index in [1.807, 2.05) is 0 Å². The summed E-state index contributed by atoms with van der Waals surface area (Å²) in [6.45, 7) is 0. The summed E-state index contributed by atoms with van der Waals surface area (Å²) < 4.78 is 23.4. The molecule has 0 amide bonds. The average Bonchev–Trinajstić information content (AvgIpc) is 2.66. The molecule has 1 aromatic carbocycles. The summed E-state index contributed by atoms with van der Waals surface area (Å²) in [5.74, 6) is 0.215. The zero-order valence-corrected chi connectivity index (χ0v) is 12.8. The minimum absolute atomic E-state index is 0.0738. The van der Waals surface area contributed by atoms with E-state index in [1.165, 1.54) is 11.8 Å². The number of thioether (sulfide) groups is 1. The lowest BCUT2D eigenvalue weighted by atomic mass is 10.2. The smallest absolute Gasteiger partial charge is 0.161 e. The van der Waals surface area contributed by atoms with Gasteiger partial charge in [-0.1, -0.05) is 35.0 Å². The third-order valence-electron chi connectivity index (χ3n) is 3.21. The highest BCUT2D eigenvalue weighted by atomic mass is 35.5. The second-order valence-corrected chi connectivity index (χ2v) is 8.86. The molecule has 2 saturated heterocycles. The van der Waals surface area contributed by atoms with Gasteiger partial charge in [0, 0.05) is 21.0 Å². The van der Waals surface area contributed by atoms with Gasteiger partial charge in [0.1, 0.15) is 0 Å². The van der Waals surface area contributed by atoms with Crippen molar-refractivity contribution in [1.82, 2.24) is 0 Å². The minimum Gasteiger partial charge on any atom is -0.316 e. The Balaban J connectivity index is 2.02. The highest BCUT2D eigenvalue weighted by Crippen LogP contribution is 2.41. The third-order valence-corrected chi connectivity index (χ3v) is 6.78. The molecule has 102 valence electrons. The first-order valence-corrected chi connectivity index (χ1v) is 9.02. The summed E-state index contributed by atoms with van der Waals surface area (Å²) in [4.78, 5) is 1.72. The summed E-state index contributed by atoms with van der Waals surface area (Å²) in [7, 11) is -3.02. The van der Waals surface area contributed by atoms with Crippen LogP contribution in [0.3, 0.4) is 0 Å². The predicted molar refractivity (Wildman–Crippen MR) is 80.5 cm³/mol. The van der Waals surface area contributed by atoms with E-state index in [-0.39, 0.29) is 22.8 Å². The Morgan fingerprint density at radius 2 is 1.84 bits per heavy atom. The molecule has 0 aromatic heterocycles. The molecule has 0 radical (unpaired) electrons. The van der Waals surface area contributed by atoms with Crippen LogP contribution in [0.15, 0.2) is 18.2 Å². The monoisotopic (exact) mass is 336 g/mol. The first-order valence-electron chi connectivity index (χ1n) is 5.57. The second-order valence-electron chi connectivity index (χ2n) is 4.60. The number of benzene rings is 1. The first kappa shape index (κ1) is 13.5. The van der Waals surface area contributed by atoms with Gasteiger partial charge in [-0.15, -0.1) is 0 Å². The normalized spacial score (nSPS) is 28.7. The number of nitrogens with zero attached hydrogens (tertiary/aromatic N) is 1. The Morgan fingerprint density at radius 1 is 1.21 bits per heavy atom. The molecule has 1 N–H and O–H groups in total. The van der Waals surface area contributed by atoms with Crippen molar-refractivity contribution >= 4 is 55.7 Å². The summed E-state index contributed by atoms with van der Waals surface area (Å²) >= 11 is 13.2. The van der Waals surface area contributed by atoms with E-state index in [1.54, 1.807) is 23.1 Å². The van der Waals surface area contributed by atoms with E-state index in [4.69, 9.17) is 28.6 Å². The number of rotatable bonds is 1. The van der Waals surface area contributed by atoms with Crippen molar-refractivity contribution < 1.29 is 8.42 Å². The molecule has 2 heterocycles. The molecule has 1 aromatic rings. The van der Waals surface area contributed by atoms with Gasteiger partial charge in [-0.25, -0.2) is 8.42 Å². The first-order chi connectivity index (χ1) is 8.85. The van der Waals surface area contributed by atoms with Gasteiger partial charge in [0.15, 0.2) is 15.0 Å². The summed E-state index contributed by atoms with van der Waals surface area (Å²) in [5.41, 5.74) is 0.680. The summed E-state index contributed by atoms with van der Waals surface area (Å²) in [5, 5.41) is 9.25. The molecule has 0 unspecified atom stereocenters. The van der Waals surface area contributed by atoms with Crippen LogP contribution in [0.2, 0.25) is 10.0 Å². The van der Waals surface area contributed by atoms with Gasteiger partial charge in [0.25, 0.3) is 0 Å². The van der Waals surface area contributed by atoms with Gasteiger partial charge >= 0.3 is 0 Å². The van der Waals surface area contributed by atoms with Gasteiger partial charge in [0.05, 0.1) is 17.5 Å². The molecule has 19 heavy (non-hydrogen) atoms. The average molecular weight is 337 g/mol. The quantitative estimate of drug-likeness (QED) is 0.856. The maximum atomic E-state index is 11.7. The number of amidine groups is 1. The SMILES string of the molecule is N=C1S[C@H]2CS(=O)(=O)C[C@H]2N1c1cc(Cl)cc(Cl)c1. The number of nitrogens with one attached hydrogen (secondary N) is 1. The van der Waals surface area contributed by atoms with Crippen molar-refractivity contribution in [3.8, 4) is 0 Å². The van der Waals surface area contributed by atoms with E-state index in [0.29, 0.717) is 20.9 Å². The molecule has 0 bridgehead atoms. The zero-order chi connectivity index (χ0) is 13.8. The molecular formula is C11H10Cl2N2O2S2. The van der Waals surface area contributed by atoms with Crippen LogP contribution < -0.4 is 4.90 Å². The molecule has 2 aliphatic heterocycles. The highest BCUT2D eigenvalue weighted by Gasteiger charge is 2.48. The lowest BCUT2D eigenvalue weighted by Gasteiger charge is -2.24. The Morgan fingerprint density at radius 3 is 2.47 bits per heavy atom. The zero-order valence-electron chi connectivity index (χ0n) is 9.64. The van der Waals surface area contributed by atoms with Crippen molar-refractivity contribution in [3.05, 3.63) is 28.2 Å². The van der Waals surface area contributed by atoms with E-state index in [0.717, 1.165) is 0 Å². The van der Waals surface area contributed by atoms with Crippen molar-refractivity contribution in [2.75, 3.05) is 16.4 Å². The Bertz CT molecular complexity index is 642. The van der Waals surface area contributed by atoms with Gasteiger partial charge in [0.2, 0.25) is 0 Å². The number of anilines is 1. The van der Waals surface area contributed by atoms with E-state index in [2.05, 4.69) is 0 Å². The number of hydrogen-bond acceptors (Lipinski definition) is 4. The van der Waals surface area contributed by atoms with Gasteiger partial charge in [-0.2, -0.15) is 0 Å². The molecule has 2 fully saturated rings. The topological polar surface area (TPSA) is 61.2 Å². The largest absolute Gasteiger partial charge is 0.316 e. The Kier molecular flexibility index (Phi) is 3.24. The van der Waals surface area contributed by atoms with Crippen LogP contribution in [0.5, 0.6) is 0 Å². The molecule has 2 aliphatic rings. The molecule has 0 aliphatic carbocycles. The lowest BCUT2D eigenvalue weighted by molar-refractivity contribution is 0.601. The Labute approximate surface area is 125 Å². The van der Waals surface area contributed by atoms with Crippen LogP contribution in [0, 0.1) is 5.41 Å². The fourth-order valence-corrected chi connectivity index (χ4v) is 6.80. The van der Waals surface area contributed by atoms with Crippen LogP contribution >= 0.6 is 35.0 Å². The molecular weight excluding hydrogens is 327 g/mol. The van der Waals surface area contributed by atoms with Gasteiger partial charge < -0.3 is 4.90 Å². The standard InChI is InChI=1S/C11H10Cl2N2O2S2/c12-6-1-7(13)3-8(2-6)15-9-4-19(16,17)5-10(9)18-11(15)14/h1-3,9-10,14H,4-5H2/t9-,10+/m1/s1. The maximum Gasteiger partial charge on any atom is 0.161 e. The highest BCUT2D eigenvalue weighted by molar-refractivity contribution is 8.15.